The van der Waals surface area contributed by atoms with Crippen LogP contribution in [0.25, 0.3) is 0 Å². The summed E-state index contributed by atoms with van der Waals surface area (Å²) in [4.78, 5) is 9.93. The van der Waals surface area contributed by atoms with E-state index in [9.17, 15) is 4.79 Å². The molecule has 0 amide bonds. The number of rotatable bonds is 2. The van der Waals surface area contributed by atoms with Gasteiger partial charge in [-0.1, -0.05) is 0 Å². The van der Waals surface area contributed by atoms with E-state index in [1.165, 1.54) is 7.11 Å². The Hall–Kier alpha value is 0.513. The average molecular weight is 193 g/mol. The Labute approximate surface area is 68.7 Å². The smallest absolute Gasteiger partial charge is 0.151 e. The fourth-order valence-corrected chi connectivity index (χ4v) is 0.0481. The molecule has 0 atom stereocenters. The molecule has 0 aromatic heterocycles. The minimum absolute atomic E-state index is 0. The second-order valence-electron chi connectivity index (χ2n) is 1.93. The standard InChI is InChI=1S/C5H10O2.Zr/c1-5(2,4-6)7-3;/h4H,1-3H3;. The van der Waals surface area contributed by atoms with Gasteiger partial charge in [0.25, 0.3) is 0 Å². The molecule has 0 aromatic rings. The zero-order valence-corrected chi connectivity index (χ0v) is 7.85. The molecule has 0 saturated heterocycles. The van der Waals surface area contributed by atoms with Gasteiger partial charge in [-0.25, -0.2) is 0 Å². The number of hydrogen-bond acceptors (Lipinski definition) is 2. The summed E-state index contributed by atoms with van der Waals surface area (Å²) >= 11 is 0. The zero-order valence-electron chi connectivity index (χ0n) is 5.39. The molecule has 2 nitrogen and oxygen atoms in total. The number of aldehydes is 1. The van der Waals surface area contributed by atoms with E-state index in [0.29, 0.717) is 0 Å². The maximum atomic E-state index is 9.93. The second kappa shape index (κ2) is 4.40. The summed E-state index contributed by atoms with van der Waals surface area (Å²) in [5.41, 5.74) is -0.597. The van der Waals surface area contributed by atoms with Crippen LogP contribution in [-0.2, 0) is 35.7 Å². The minimum Gasteiger partial charge on any atom is -0.371 e. The van der Waals surface area contributed by atoms with Crippen molar-refractivity contribution in [3.8, 4) is 0 Å². The molecule has 0 heterocycles. The molecule has 0 aliphatic rings. The predicted octanol–water partition coefficient (Wildman–Crippen LogP) is 0.608. The molecule has 0 aromatic carbocycles. The molecule has 0 unspecified atom stereocenters. The van der Waals surface area contributed by atoms with Crippen LogP contribution >= 0.6 is 0 Å². The van der Waals surface area contributed by atoms with E-state index >= 15 is 0 Å². The fraction of sp³-hybridized carbons (Fsp3) is 0.800. The van der Waals surface area contributed by atoms with Crippen LogP contribution in [0.3, 0.4) is 0 Å². The summed E-state index contributed by atoms with van der Waals surface area (Å²) in [6.45, 7) is 3.42. The molecule has 0 aliphatic heterocycles. The largest absolute Gasteiger partial charge is 0.371 e. The summed E-state index contributed by atoms with van der Waals surface area (Å²) in [5, 5.41) is 0. The summed E-state index contributed by atoms with van der Waals surface area (Å²) in [5.74, 6) is 0. The van der Waals surface area contributed by atoms with Crippen LogP contribution in [0.15, 0.2) is 0 Å². The molecule has 0 fully saturated rings. The van der Waals surface area contributed by atoms with Gasteiger partial charge in [0.1, 0.15) is 5.60 Å². The van der Waals surface area contributed by atoms with Crippen molar-refractivity contribution >= 4 is 6.29 Å². The Balaban J connectivity index is 0. The molecule has 0 spiro atoms. The zero-order chi connectivity index (χ0) is 5.91. The third kappa shape index (κ3) is 4.67. The van der Waals surface area contributed by atoms with Crippen molar-refractivity contribution in [3.63, 3.8) is 0 Å². The van der Waals surface area contributed by atoms with Crippen LogP contribution in [0.4, 0.5) is 0 Å². The van der Waals surface area contributed by atoms with Gasteiger partial charge < -0.3 is 9.53 Å². The van der Waals surface area contributed by atoms with Crippen molar-refractivity contribution in [2.24, 2.45) is 0 Å². The Bertz CT molecular complexity index is 70.8. The van der Waals surface area contributed by atoms with Crippen molar-refractivity contribution in [1.82, 2.24) is 0 Å². The third-order valence-corrected chi connectivity index (χ3v) is 0.810. The Morgan fingerprint density at radius 3 is 1.88 bits per heavy atom. The molecule has 0 saturated carbocycles. The first-order valence-corrected chi connectivity index (χ1v) is 2.14. The number of methoxy groups -OCH3 is 1. The van der Waals surface area contributed by atoms with Crippen molar-refractivity contribution < 1.29 is 35.7 Å². The molecule has 3 heteroatoms. The quantitative estimate of drug-likeness (QED) is 0.601. The van der Waals surface area contributed by atoms with Gasteiger partial charge in [0, 0.05) is 33.3 Å². The van der Waals surface area contributed by atoms with Gasteiger partial charge in [0.15, 0.2) is 6.29 Å². The van der Waals surface area contributed by atoms with Gasteiger partial charge in [-0.3, -0.25) is 0 Å². The van der Waals surface area contributed by atoms with E-state index in [2.05, 4.69) is 0 Å². The molecular formula is C5H10O2Zr. The molecule has 0 aliphatic carbocycles. The maximum Gasteiger partial charge on any atom is 0.151 e. The summed E-state index contributed by atoms with van der Waals surface area (Å²) < 4.78 is 4.72. The molecule has 0 N–H and O–H groups in total. The number of ether oxygens (including phenoxy) is 1. The van der Waals surface area contributed by atoms with E-state index in [4.69, 9.17) is 4.74 Å². The average Bonchev–Trinajstić information content (AvgIpc) is 1.68. The van der Waals surface area contributed by atoms with Crippen LogP contribution in [0.5, 0.6) is 0 Å². The van der Waals surface area contributed by atoms with Crippen LogP contribution in [0, 0.1) is 0 Å². The van der Waals surface area contributed by atoms with Gasteiger partial charge in [-0.2, -0.15) is 0 Å². The first-order valence-electron chi connectivity index (χ1n) is 2.14. The Morgan fingerprint density at radius 2 is 1.88 bits per heavy atom. The van der Waals surface area contributed by atoms with Crippen molar-refractivity contribution in [2.75, 3.05) is 7.11 Å². The van der Waals surface area contributed by atoms with Crippen molar-refractivity contribution in [2.45, 2.75) is 19.4 Å². The summed E-state index contributed by atoms with van der Waals surface area (Å²) in [7, 11) is 1.51. The van der Waals surface area contributed by atoms with Gasteiger partial charge in [0.05, 0.1) is 0 Å². The van der Waals surface area contributed by atoms with E-state index in [0.717, 1.165) is 6.29 Å². The molecule has 46 valence electrons. The molecular weight excluding hydrogens is 183 g/mol. The Kier molecular flexibility index (Phi) is 6.23. The molecule has 0 rings (SSSR count). The van der Waals surface area contributed by atoms with Gasteiger partial charge in [-0.15, -0.1) is 0 Å². The molecule has 8 heavy (non-hydrogen) atoms. The number of hydrogen-bond donors (Lipinski definition) is 0. The SMILES string of the molecule is COC(C)(C)C=O.[Zr]. The summed E-state index contributed by atoms with van der Waals surface area (Å²) in [6.07, 6.45) is 0.771. The van der Waals surface area contributed by atoms with Gasteiger partial charge in [-0.05, 0) is 13.8 Å². The fourth-order valence-electron chi connectivity index (χ4n) is 0.0481. The summed E-state index contributed by atoms with van der Waals surface area (Å²) in [6, 6.07) is 0. The van der Waals surface area contributed by atoms with E-state index in [1.54, 1.807) is 13.8 Å². The first kappa shape index (κ1) is 11.3. The maximum absolute atomic E-state index is 9.93. The first-order chi connectivity index (χ1) is 3.12. The van der Waals surface area contributed by atoms with E-state index < -0.39 is 5.60 Å². The minimum atomic E-state index is -0.597. The van der Waals surface area contributed by atoms with Crippen LogP contribution in [0.2, 0.25) is 0 Å². The molecule has 0 bridgehead atoms. The topological polar surface area (TPSA) is 26.3 Å². The van der Waals surface area contributed by atoms with Crippen LogP contribution in [-0.4, -0.2) is 19.0 Å². The second-order valence-corrected chi connectivity index (χ2v) is 1.93. The van der Waals surface area contributed by atoms with Gasteiger partial charge >= 0.3 is 0 Å². The van der Waals surface area contributed by atoms with E-state index in [-0.39, 0.29) is 26.2 Å². The number of carbonyl (C=O) groups excluding carboxylic acids is 1. The van der Waals surface area contributed by atoms with Gasteiger partial charge in [0.2, 0.25) is 0 Å². The van der Waals surface area contributed by atoms with Crippen LogP contribution < -0.4 is 0 Å². The normalized spacial score (nSPS) is 9.88. The van der Waals surface area contributed by atoms with Crippen molar-refractivity contribution in [1.29, 1.82) is 0 Å². The predicted molar refractivity (Wildman–Crippen MR) is 27.2 cm³/mol. The Morgan fingerprint density at radius 1 is 1.50 bits per heavy atom. The van der Waals surface area contributed by atoms with Crippen molar-refractivity contribution in [3.05, 3.63) is 0 Å². The number of carbonyl (C=O) groups is 1. The van der Waals surface area contributed by atoms with Crippen LogP contribution in [0.1, 0.15) is 13.8 Å². The van der Waals surface area contributed by atoms with E-state index in [1.807, 2.05) is 0 Å². The third-order valence-electron chi connectivity index (χ3n) is 0.810. The monoisotopic (exact) mass is 192 g/mol. The molecule has 0 radical (unpaired) electrons.